The van der Waals surface area contributed by atoms with E-state index < -0.39 is 5.60 Å². The smallest absolute Gasteiger partial charge is 0.410 e. The third-order valence-corrected chi connectivity index (χ3v) is 5.26. The lowest BCUT2D eigenvalue weighted by atomic mass is 9.99. The number of piperazine rings is 1. The molecule has 162 valence electrons. The summed E-state index contributed by atoms with van der Waals surface area (Å²) in [5.41, 5.74) is 3.90. The molecule has 2 aromatic rings. The topological polar surface area (TPSA) is 74.2 Å². The number of nitrogens with one attached hydrogen (secondary N) is 1. The molecule has 0 radical (unpaired) electrons. The molecule has 2 aromatic carbocycles. The standard InChI is InChI=1S/C24H28N4O3/c1-24(2,3)31-23(30)28-14-12-27(13-15-28)19-11-7-10-18-21(17-8-5-4-6-9-17)25-16-20(29)26-22(18)19/h4-11H,12-16H2,1-3H3,(H,26,29). The van der Waals surface area contributed by atoms with Crippen molar-refractivity contribution in [3.8, 4) is 0 Å². The van der Waals surface area contributed by atoms with Gasteiger partial charge in [-0.25, -0.2) is 4.79 Å². The average Bonchev–Trinajstić information content (AvgIpc) is 2.91. The van der Waals surface area contributed by atoms with E-state index in [0.29, 0.717) is 26.2 Å². The molecule has 1 N–H and O–H groups in total. The van der Waals surface area contributed by atoms with Crippen LogP contribution in [0.3, 0.4) is 0 Å². The number of hydrogen-bond acceptors (Lipinski definition) is 5. The Morgan fingerprint density at radius 1 is 1.00 bits per heavy atom. The molecule has 7 heteroatoms. The molecule has 7 nitrogen and oxygen atoms in total. The summed E-state index contributed by atoms with van der Waals surface area (Å²) in [7, 11) is 0. The number of carbonyl (C=O) groups is 2. The van der Waals surface area contributed by atoms with E-state index in [-0.39, 0.29) is 18.5 Å². The van der Waals surface area contributed by atoms with Gasteiger partial charge in [0.2, 0.25) is 5.91 Å². The van der Waals surface area contributed by atoms with Crippen LogP contribution in [0.4, 0.5) is 16.2 Å². The van der Waals surface area contributed by atoms with Gasteiger partial charge in [-0.05, 0) is 26.8 Å². The molecule has 2 aliphatic heterocycles. The average molecular weight is 421 g/mol. The van der Waals surface area contributed by atoms with E-state index in [1.165, 1.54) is 0 Å². The number of nitrogens with zero attached hydrogens (tertiary/aromatic N) is 3. The summed E-state index contributed by atoms with van der Waals surface area (Å²) in [6, 6.07) is 15.9. The third-order valence-electron chi connectivity index (χ3n) is 5.26. The van der Waals surface area contributed by atoms with E-state index >= 15 is 0 Å². The zero-order chi connectivity index (χ0) is 22.0. The number of fused-ring (bicyclic) bond motifs is 1. The van der Waals surface area contributed by atoms with Gasteiger partial charge in [-0.3, -0.25) is 9.79 Å². The number of rotatable bonds is 2. The van der Waals surface area contributed by atoms with E-state index in [9.17, 15) is 9.59 Å². The van der Waals surface area contributed by atoms with E-state index in [2.05, 4.69) is 15.2 Å². The van der Waals surface area contributed by atoms with Crippen molar-refractivity contribution in [3.63, 3.8) is 0 Å². The van der Waals surface area contributed by atoms with Gasteiger partial charge in [-0.2, -0.15) is 0 Å². The molecule has 1 fully saturated rings. The summed E-state index contributed by atoms with van der Waals surface area (Å²) < 4.78 is 5.50. The highest BCUT2D eigenvalue weighted by molar-refractivity contribution is 6.20. The van der Waals surface area contributed by atoms with Crippen molar-refractivity contribution in [3.05, 3.63) is 59.7 Å². The van der Waals surface area contributed by atoms with Crippen LogP contribution in [0.15, 0.2) is 53.5 Å². The highest BCUT2D eigenvalue weighted by atomic mass is 16.6. The van der Waals surface area contributed by atoms with Gasteiger partial charge in [-0.15, -0.1) is 0 Å². The van der Waals surface area contributed by atoms with Crippen molar-refractivity contribution in [1.29, 1.82) is 0 Å². The molecule has 31 heavy (non-hydrogen) atoms. The minimum atomic E-state index is -0.511. The number of ether oxygens (including phenoxy) is 1. The fourth-order valence-electron chi connectivity index (χ4n) is 3.85. The van der Waals surface area contributed by atoms with E-state index in [1.807, 2.05) is 69.3 Å². The molecule has 2 aliphatic rings. The Morgan fingerprint density at radius 3 is 2.39 bits per heavy atom. The lowest BCUT2D eigenvalue weighted by Gasteiger charge is -2.37. The normalized spacial score (nSPS) is 16.7. The molecule has 4 rings (SSSR count). The zero-order valence-electron chi connectivity index (χ0n) is 18.2. The van der Waals surface area contributed by atoms with Crippen LogP contribution in [0.5, 0.6) is 0 Å². The van der Waals surface area contributed by atoms with Gasteiger partial charge in [-0.1, -0.05) is 42.5 Å². The fourth-order valence-corrected chi connectivity index (χ4v) is 3.85. The van der Waals surface area contributed by atoms with Gasteiger partial charge < -0.3 is 19.9 Å². The number of carbonyl (C=O) groups excluding carboxylic acids is 2. The van der Waals surface area contributed by atoms with Crippen molar-refractivity contribution in [1.82, 2.24) is 4.90 Å². The number of hydrogen-bond donors (Lipinski definition) is 1. The van der Waals surface area contributed by atoms with Crippen molar-refractivity contribution in [2.45, 2.75) is 26.4 Å². The Kier molecular flexibility index (Phi) is 5.67. The Balaban J connectivity index is 1.59. The maximum absolute atomic E-state index is 12.4. The van der Waals surface area contributed by atoms with Gasteiger partial charge in [0.05, 0.1) is 17.1 Å². The highest BCUT2D eigenvalue weighted by Gasteiger charge is 2.28. The monoisotopic (exact) mass is 420 g/mol. The summed E-state index contributed by atoms with van der Waals surface area (Å²) in [5.74, 6) is -0.132. The first kappa shape index (κ1) is 20.9. The van der Waals surface area contributed by atoms with Gasteiger partial charge in [0.15, 0.2) is 0 Å². The predicted octanol–water partition coefficient (Wildman–Crippen LogP) is 3.53. The van der Waals surface area contributed by atoms with E-state index in [0.717, 1.165) is 28.2 Å². The molecule has 0 unspecified atom stereocenters. The van der Waals surface area contributed by atoms with E-state index in [1.54, 1.807) is 4.90 Å². The van der Waals surface area contributed by atoms with Crippen molar-refractivity contribution < 1.29 is 14.3 Å². The lowest BCUT2D eigenvalue weighted by Crippen LogP contribution is -2.50. The maximum atomic E-state index is 12.4. The Bertz CT molecular complexity index is 1000. The molecule has 0 atom stereocenters. The summed E-state index contributed by atoms with van der Waals surface area (Å²) in [6.07, 6.45) is -0.286. The van der Waals surface area contributed by atoms with Crippen LogP contribution in [-0.2, 0) is 9.53 Å². The van der Waals surface area contributed by atoms with Crippen LogP contribution >= 0.6 is 0 Å². The Morgan fingerprint density at radius 2 is 1.71 bits per heavy atom. The second-order valence-corrected chi connectivity index (χ2v) is 8.73. The maximum Gasteiger partial charge on any atom is 0.410 e. The predicted molar refractivity (Wildman–Crippen MR) is 122 cm³/mol. The van der Waals surface area contributed by atoms with Crippen molar-refractivity contribution in [2.75, 3.05) is 42.9 Å². The minimum absolute atomic E-state index is 0.0881. The summed E-state index contributed by atoms with van der Waals surface area (Å²) in [4.78, 5) is 33.3. The molecule has 2 heterocycles. The number of benzene rings is 2. The quantitative estimate of drug-likeness (QED) is 0.807. The number of benzodiazepines with no additional fused rings is 1. The highest BCUT2D eigenvalue weighted by Crippen LogP contribution is 2.33. The van der Waals surface area contributed by atoms with Crippen molar-refractivity contribution in [2.24, 2.45) is 4.99 Å². The second-order valence-electron chi connectivity index (χ2n) is 8.73. The first-order valence-electron chi connectivity index (χ1n) is 10.6. The van der Waals surface area contributed by atoms with Gasteiger partial charge in [0, 0.05) is 37.3 Å². The van der Waals surface area contributed by atoms with Crippen LogP contribution in [0.25, 0.3) is 0 Å². The largest absolute Gasteiger partial charge is 0.444 e. The zero-order valence-corrected chi connectivity index (χ0v) is 18.2. The number of para-hydroxylation sites is 1. The molecule has 1 saturated heterocycles. The SMILES string of the molecule is CC(C)(C)OC(=O)N1CCN(c2cccc3c2NC(=O)CN=C3c2ccccc2)CC1. The molecule has 2 amide bonds. The number of amides is 2. The van der Waals surface area contributed by atoms with Crippen LogP contribution < -0.4 is 10.2 Å². The molecule has 0 aliphatic carbocycles. The van der Waals surface area contributed by atoms with Crippen LogP contribution in [0, 0.1) is 0 Å². The first-order chi connectivity index (χ1) is 14.8. The van der Waals surface area contributed by atoms with Crippen LogP contribution in [-0.4, -0.2) is 60.9 Å². The molecule has 0 saturated carbocycles. The molecular formula is C24H28N4O3. The second kappa shape index (κ2) is 8.41. The van der Waals surface area contributed by atoms with Gasteiger partial charge >= 0.3 is 6.09 Å². The number of aliphatic imine (C=N–C) groups is 1. The van der Waals surface area contributed by atoms with E-state index in [4.69, 9.17) is 4.74 Å². The summed E-state index contributed by atoms with van der Waals surface area (Å²) in [5, 5.41) is 3.05. The molecule has 0 spiro atoms. The summed E-state index contributed by atoms with van der Waals surface area (Å²) in [6.45, 7) is 8.13. The van der Waals surface area contributed by atoms with Gasteiger partial charge in [0.25, 0.3) is 0 Å². The van der Waals surface area contributed by atoms with Crippen molar-refractivity contribution >= 4 is 29.1 Å². The van der Waals surface area contributed by atoms with Gasteiger partial charge in [0.1, 0.15) is 12.1 Å². The number of anilines is 2. The third kappa shape index (κ3) is 4.71. The van der Waals surface area contributed by atoms with Crippen LogP contribution in [0.1, 0.15) is 31.9 Å². The Labute approximate surface area is 182 Å². The summed E-state index contributed by atoms with van der Waals surface area (Å²) >= 11 is 0. The first-order valence-corrected chi connectivity index (χ1v) is 10.6. The molecule has 0 aromatic heterocycles. The minimum Gasteiger partial charge on any atom is -0.444 e. The lowest BCUT2D eigenvalue weighted by molar-refractivity contribution is -0.114. The van der Waals surface area contributed by atoms with Crippen LogP contribution in [0.2, 0.25) is 0 Å². The fraction of sp³-hybridized carbons (Fsp3) is 0.375. The molecule has 0 bridgehead atoms. The Hall–Kier alpha value is -3.35. The molecular weight excluding hydrogens is 392 g/mol.